The van der Waals surface area contributed by atoms with Gasteiger partial charge in [0, 0.05) is 18.1 Å². The average Bonchev–Trinajstić information content (AvgIpc) is 2.91. The normalized spacial score (nSPS) is 12.2. The maximum atomic E-state index is 14.0. The van der Waals surface area contributed by atoms with Gasteiger partial charge in [-0.2, -0.15) is 0 Å². The first-order chi connectivity index (χ1) is 18.5. The van der Waals surface area contributed by atoms with Crippen molar-refractivity contribution in [2.75, 3.05) is 17.4 Å². The lowest BCUT2D eigenvalue weighted by atomic mass is 10.1. The van der Waals surface area contributed by atoms with Gasteiger partial charge in [-0.1, -0.05) is 86.5 Å². The molecule has 0 saturated carbocycles. The van der Waals surface area contributed by atoms with E-state index >= 15 is 0 Å². The molecule has 0 heterocycles. The third-order valence-electron chi connectivity index (χ3n) is 6.25. The fourth-order valence-corrected chi connectivity index (χ4v) is 5.71. The number of benzene rings is 3. The Morgan fingerprint density at radius 2 is 1.62 bits per heavy atom. The van der Waals surface area contributed by atoms with Crippen molar-refractivity contribution in [3.05, 3.63) is 95.0 Å². The van der Waals surface area contributed by atoms with Crippen LogP contribution in [0.25, 0.3) is 0 Å². The van der Waals surface area contributed by atoms with Gasteiger partial charge in [0.25, 0.3) is 10.0 Å². The number of aryl methyl sites for hydroxylation is 1. The molecular formula is C30H36ClN3O4S. The van der Waals surface area contributed by atoms with Crippen LogP contribution in [0.1, 0.15) is 38.3 Å². The molecule has 0 spiro atoms. The molecule has 9 heteroatoms. The van der Waals surface area contributed by atoms with Crippen LogP contribution in [0.4, 0.5) is 5.69 Å². The van der Waals surface area contributed by atoms with Crippen LogP contribution in [0.3, 0.4) is 0 Å². The Balaban J connectivity index is 2.03. The fourth-order valence-electron chi connectivity index (χ4n) is 4.12. The zero-order valence-corrected chi connectivity index (χ0v) is 24.4. The van der Waals surface area contributed by atoms with Crippen molar-refractivity contribution >= 4 is 39.1 Å². The highest BCUT2D eigenvalue weighted by atomic mass is 35.5. The second kappa shape index (κ2) is 13.6. The predicted molar refractivity (Wildman–Crippen MR) is 156 cm³/mol. The number of carbonyl (C=O) groups is 2. The SMILES string of the molecule is CC[C@H](C(=O)NCC(C)C)N(Cc1ccccc1)C(=O)CN(c1cccc(Cl)c1)S(=O)(=O)c1ccc(C)cc1. The lowest BCUT2D eigenvalue weighted by Crippen LogP contribution is -2.52. The van der Waals surface area contributed by atoms with Gasteiger partial charge in [-0.05, 0) is 55.2 Å². The van der Waals surface area contributed by atoms with Crippen LogP contribution in [0.2, 0.25) is 5.02 Å². The summed E-state index contributed by atoms with van der Waals surface area (Å²) >= 11 is 6.22. The number of anilines is 1. The van der Waals surface area contributed by atoms with E-state index in [1.165, 1.54) is 23.1 Å². The molecule has 0 aliphatic rings. The van der Waals surface area contributed by atoms with E-state index in [0.29, 0.717) is 18.0 Å². The largest absolute Gasteiger partial charge is 0.354 e. The van der Waals surface area contributed by atoms with Gasteiger partial charge in [0.1, 0.15) is 12.6 Å². The summed E-state index contributed by atoms with van der Waals surface area (Å²) in [6.45, 7) is 7.81. The first-order valence-electron chi connectivity index (χ1n) is 13.0. The first kappa shape index (κ1) is 30.2. The van der Waals surface area contributed by atoms with Crippen molar-refractivity contribution in [3.63, 3.8) is 0 Å². The Labute approximate surface area is 236 Å². The Kier molecular flexibility index (Phi) is 10.5. The summed E-state index contributed by atoms with van der Waals surface area (Å²) in [5.74, 6) is -0.532. The van der Waals surface area contributed by atoms with E-state index < -0.39 is 28.5 Å². The van der Waals surface area contributed by atoms with E-state index in [0.717, 1.165) is 15.4 Å². The molecule has 3 rings (SSSR count). The van der Waals surface area contributed by atoms with Gasteiger partial charge in [-0.15, -0.1) is 0 Å². The molecule has 39 heavy (non-hydrogen) atoms. The van der Waals surface area contributed by atoms with E-state index in [-0.39, 0.29) is 29.0 Å². The molecule has 208 valence electrons. The highest BCUT2D eigenvalue weighted by Gasteiger charge is 2.33. The number of nitrogens with zero attached hydrogens (tertiary/aromatic N) is 2. The minimum atomic E-state index is -4.14. The minimum absolute atomic E-state index is 0.0530. The quantitative estimate of drug-likeness (QED) is 0.315. The van der Waals surface area contributed by atoms with Crippen molar-refractivity contribution in [1.29, 1.82) is 0 Å². The third kappa shape index (κ3) is 8.07. The topological polar surface area (TPSA) is 86.8 Å². The zero-order valence-electron chi connectivity index (χ0n) is 22.8. The molecule has 1 N–H and O–H groups in total. The van der Waals surface area contributed by atoms with E-state index in [1.54, 1.807) is 30.3 Å². The second-order valence-corrected chi connectivity index (χ2v) is 12.2. The van der Waals surface area contributed by atoms with Gasteiger partial charge in [0.15, 0.2) is 0 Å². The number of carbonyl (C=O) groups excluding carboxylic acids is 2. The lowest BCUT2D eigenvalue weighted by Gasteiger charge is -2.33. The predicted octanol–water partition coefficient (Wildman–Crippen LogP) is 5.42. The molecule has 3 aromatic carbocycles. The van der Waals surface area contributed by atoms with E-state index in [2.05, 4.69) is 5.32 Å². The van der Waals surface area contributed by atoms with Crippen molar-refractivity contribution in [2.45, 2.75) is 51.6 Å². The fraction of sp³-hybridized carbons (Fsp3) is 0.333. The highest BCUT2D eigenvalue weighted by Crippen LogP contribution is 2.27. The molecule has 0 aliphatic carbocycles. The number of halogens is 1. The average molecular weight is 570 g/mol. The minimum Gasteiger partial charge on any atom is -0.354 e. The molecule has 0 saturated heterocycles. The van der Waals surface area contributed by atoms with Gasteiger partial charge in [-0.3, -0.25) is 13.9 Å². The maximum absolute atomic E-state index is 14.0. The summed E-state index contributed by atoms with van der Waals surface area (Å²) in [6.07, 6.45) is 0.365. The number of hydrogen-bond donors (Lipinski definition) is 1. The molecule has 0 radical (unpaired) electrons. The number of rotatable bonds is 12. The van der Waals surface area contributed by atoms with Crippen LogP contribution >= 0.6 is 11.6 Å². The molecule has 2 amide bonds. The second-order valence-electron chi connectivity index (χ2n) is 9.87. The van der Waals surface area contributed by atoms with Crippen LogP contribution in [-0.2, 0) is 26.2 Å². The van der Waals surface area contributed by atoms with Crippen LogP contribution in [0.5, 0.6) is 0 Å². The van der Waals surface area contributed by atoms with E-state index in [9.17, 15) is 18.0 Å². The summed E-state index contributed by atoms with van der Waals surface area (Å²) in [6, 6.07) is 21.4. The molecule has 0 aliphatic heterocycles. The lowest BCUT2D eigenvalue weighted by molar-refractivity contribution is -0.140. The van der Waals surface area contributed by atoms with Gasteiger partial charge in [0.05, 0.1) is 10.6 Å². The van der Waals surface area contributed by atoms with E-state index in [4.69, 9.17) is 11.6 Å². The molecular weight excluding hydrogens is 534 g/mol. The number of sulfonamides is 1. The van der Waals surface area contributed by atoms with Crippen molar-refractivity contribution in [1.82, 2.24) is 10.2 Å². The summed E-state index contributed by atoms with van der Waals surface area (Å²) < 4.78 is 28.8. The Bertz CT molecular complexity index is 1360. The van der Waals surface area contributed by atoms with Gasteiger partial charge >= 0.3 is 0 Å². The van der Waals surface area contributed by atoms with Crippen LogP contribution in [0.15, 0.2) is 83.8 Å². The molecule has 1 atom stereocenters. The molecule has 0 fully saturated rings. The smallest absolute Gasteiger partial charge is 0.264 e. The Morgan fingerprint density at radius 3 is 2.21 bits per heavy atom. The summed E-state index contributed by atoms with van der Waals surface area (Å²) in [7, 11) is -4.14. The maximum Gasteiger partial charge on any atom is 0.264 e. The van der Waals surface area contributed by atoms with Crippen LogP contribution in [-0.4, -0.2) is 44.3 Å². The molecule has 0 aromatic heterocycles. The Hall–Kier alpha value is -3.36. The first-order valence-corrected chi connectivity index (χ1v) is 14.8. The molecule has 0 bridgehead atoms. The van der Waals surface area contributed by atoms with E-state index in [1.807, 2.05) is 58.0 Å². The van der Waals surface area contributed by atoms with Gasteiger partial charge in [0.2, 0.25) is 11.8 Å². The standard InChI is InChI=1S/C30H36ClN3O4S/c1-5-28(30(36)32-19-22(2)3)33(20-24-10-7-6-8-11-24)29(35)21-34(26-13-9-12-25(31)18-26)39(37,38)27-16-14-23(4)15-17-27/h6-18,22,28H,5,19-21H2,1-4H3,(H,32,36)/t28-/m1/s1. The number of amides is 2. The summed E-state index contributed by atoms with van der Waals surface area (Å²) in [5, 5.41) is 3.26. The van der Waals surface area contributed by atoms with Crippen LogP contribution < -0.4 is 9.62 Å². The highest BCUT2D eigenvalue weighted by molar-refractivity contribution is 7.92. The summed E-state index contributed by atoms with van der Waals surface area (Å²) in [5.41, 5.74) is 2.00. The van der Waals surface area contributed by atoms with Crippen LogP contribution in [0, 0.1) is 12.8 Å². The van der Waals surface area contributed by atoms with Gasteiger partial charge < -0.3 is 10.2 Å². The van der Waals surface area contributed by atoms with Crippen molar-refractivity contribution in [3.8, 4) is 0 Å². The zero-order chi connectivity index (χ0) is 28.6. The third-order valence-corrected chi connectivity index (χ3v) is 8.27. The summed E-state index contributed by atoms with van der Waals surface area (Å²) in [4.78, 5) is 28.7. The number of nitrogens with one attached hydrogen (secondary N) is 1. The molecule has 3 aromatic rings. The molecule has 7 nitrogen and oxygen atoms in total. The molecule has 0 unspecified atom stereocenters. The monoisotopic (exact) mass is 569 g/mol. The number of hydrogen-bond acceptors (Lipinski definition) is 4. The van der Waals surface area contributed by atoms with Crippen molar-refractivity contribution in [2.24, 2.45) is 5.92 Å². The van der Waals surface area contributed by atoms with Crippen molar-refractivity contribution < 1.29 is 18.0 Å². The van der Waals surface area contributed by atoms with Gasteiger partial charge in [-0.25, -0.2) is 8.42 Å². The Morgan fingerprint density at radius 1 is 0.949 bits per heavy atom.